The van der Waals surface area contributed by atoms with Crippen LogP contribution < -0.4 is 16.0 Å². The maximum atomic E-state index is 10.9. The third kappa shape index (κ3) is 3.61. The molecule has 1 fully saturated rings. The number of hydrogen-bond donors (Lipinski definition) is 2. The fraction of sp³-hybridized carbons (Fsp3) is 0.417. The van der Waals surface area contributed by atoms with Gasteiger partial charge in [0, 0.05) is 30.9 Å². The summed E-state index contributed by atoms with van der Waals surface area (Å²) in [6, 6.07) is 7.50. The highest BCUT2D eigenvalue weighted by molar-refractivity contribution is 5.93. The molecular weight excluding hydrogens is 238 g/mol. The highest BCUT2D eigenvalue weighted by Crippen LogP contribution is 2.15. The summed E-state index contributed by atoms with van der Waals surface area (Å²) in [6.45, 7) is 4.16. The van der Waals surface area contributed by atoms with E-state index in [1.54, 1.807) is 12.1 Å². The molecule has 94 valence electrons. The average molecular weight is 256 g/mol. The van der Waals surface area contributed by atoms with Crippen molar-refractivity contribution in [3.8, 4) is 0 Å². The van der Waals surface area contributed by atoms with E-state index in [2.05, 4.69) is 10.2 Å². The Bertz CT molecular complexity index is 359. The monoisotopic (exact) mass is 255 g/mol. The first-order valence-electron chi connectivity index (χ1n) is 5.63. The number of nitrogens with zero attached hydrogens (tertiary/aromatic N) is 1. The first-order chi connectivity index (χ1) is 7.77. The third-order valence-corrected chi connectivity index (χ3v) is 2.86. The van der Waals surface area contributed by atoms with Crippen molar-refractivity contribution in [2.75, 3.05) is 31.1 Å². The fourth-order valence-corrected chi connectivity index (χ4v) is 1.94. The number of amides is 1. The Kier molecular flexibility index (Phi) is 5.25. The fourth-order valence-electron chi connectivity index (χ4n) is 1.94. The van der Waals surface area contributed by atoms with E-state index >= 15 is 0 Å². The summed E-state index contributed by atoms with van der Waals surface area (Å²) in [5.41, 5.74) is 6.93. The molecule has 1 aliphatic rings. The quantitative estimate of drug-likeness (QED) is 0.829. The molecule has 5 heteroatoms. The van der Waals surface area contributed by atoms with E-state index in [4.69, 9.17) is 5.73 Å². The SMILES string of the molecule is Cl.NC(=O)c1ccc(N2CCCNCC2)cc1. The first kappa shape index (κ1) is 13.8. The van der Waals surface area contributed by atoms with Crippen LogP contribution in [0.1, 0.15) is 16.8 Å². The van der Waals surface area contributed by atoms with Crippen LogP contribution in [0.4, 0.5) is 5.69 Å². The van der Waals surface area contributed by atoms with Gasteiger partial charge >= 0.3 is 0 Å². The van der Waals surface area contributed by atoms with Gasteiger partial charge in [0.05, 0.1) is 0 Å². The van der Waals surface area contributed by atoms with Gasteiger partial charge in [0.15, 0.2) is 0 Å². The molecule has 1 aromatic carbocycles. The summed E-state index contributed by atoms with van der Waals surface area (Å²) in [4.78, 5) is 13.3. The second-order valence-corrected chi connectivity index (χ2v) is 4.00. The van der Waals surface area contributed by atoms with Crippen molar-refractivity contribution in [3.05, 3.63) is 29.8 Å². The number of halogens is 1. The molecule has 0 atom stereocenters. The number of carbonyl (C=O) groups excluding carboxylic acids is 1. The summed E-state index contributed by atoms with van der Waals surface area (Å²) >= 11 is 0. The standard InChI is InChI=1S/C12H17N3O.ClH/c13-12(16)10-2-4-11(5-3-10)15-8-1-6-14-7-9-15;/h2-5,14H,1,6-9H2,(H2,13,16);1H. The van der Waals surface area contributed by atoms with Crippen LogP contribution in [0.5, 0.6) is 0 Å². The van der Waals surface area contributed by atoms with Gasteiger partial charge in [-0.15, -0.1) is 12.4 Å². The molecule has 0 aromatic heterocycles. The van der Waals surface area contributed by atoms with E-state index in [0.717, 1.165) is 38.3 Å². The number of anilines is 1. The molecule has 1 heterocycles. The number of primary amides is 1. The molecule has 0 aliphatic carbocycles. The number of nitrogens with two attached hydrogens (primary N) is 1. The van der Waals surface area contributed by atoms with Crippen LogP contribution in [0.25, 0.3) is 0 Å². The summed E-state index contributed by atoms with van der Waals surface area (Å²) < 4.78 is 0. The van der Waals surface area contributed by atoms with Crippen LogP contribution in [-0.2, 0) is 0 Å². The predicted molar refractivity (Wildman–Crippen MR) is 71.9 cm³/mol. The van der Waals surface area contributed by atoms with Crippen molar-refractivity contribution in [1.82, 2.24) is 5.32 Å². The molecule has 17 heavy (non-hydrogen) atoms. The highest BCUT2D eigenvalue weighted by atomic mass is 35.5. The van der Waals surface area contributed by atoms with E-state index in [9.17, 15) is 4.79 Å². The smallest absolute Gasteiger partial charge is 0.248 e. The zero-order valence-electron chi connectivity index (χ0n) is 9.69. The van der Waals surface area contributed by atoms with Crippen molar-refractivity contribution in [3.63, 3.8) is 0 Å². The molecule has 4 nitrogen and oxygen atoms in total. The van der Waals surface area contributed by atoms with Gasteiger partial charge in [-0.05, 0) is 37.2 Å². The lowest BCUT2D eigenvalue weighted by atomic mass is 10.2. The summed E-state index contributed by atoms with van der Waals surface area (Å²) in [6.07, 6.45) is 1.15. The molecule has 0 bridgehead atoms. The number of carbonyl (C=O) groups is 1. The van der Waals surface area contributed by atoms with Gasteiger partial charge in [0.2, 0.25) is 5.91 Å². The molecule has 1 aromatic rings. The van der Waals surface area contributed by atoms with E-state index in [1.807, 2.05) is 12.1 Å². The lowest BCUT2D eigenvalue weighted by Gasteiger charge is -2.22. The molecule has 3 N–H and O–H groups in total. The van der Waals surface area contributed by atoms with Gasteiger partial charge in [0.1, 0.15) is 0 Å². The Morgan fingerprint density at radius 2 is 1.88 bits per heavy atom. The molecule has 0 radical (unpaired) electrons. The molecule has 2 rings (SSSR count). The topological polar surface area (TPSA) is 58.4 Å². The van der Waals surface area contributed by atoms with Crippen LogP contribution in [-0.4, -0.2) is 32.1 Å². The van der Waals surface area contributed by atoms with Gasteiger partial charge in [0.25, 0.3) is 0 Å². The maximum Gasteiger partial charge on any atom is 0.248 e. The minimum atomic E-state index is -0.371. The summed E-state index contributed by atoms with van der Waals surface area (Å²) in [5.74, 6) is -0.371. The number of nitrogens with one attached hydrogen (secondary N) is 1. The minimum absolute atomic E-state index is 0. The van der Waals surface area contributed by atoms with Crippen molar-refractivity contribution in [1.29, 1.82) is 0 Å². The zero-order valence-corrected chi connectivity index (χ0v) is 10.5. The normalized spacial score (nSPS) is 15.9. The second-order valence-electron chi connectivity index (χ2n) is 4.00. The Labute approximate surface area is 108 Å². The van der Waals surface area contributed by atoms with Crippen molar-refractivity contribution >= 4 is 24.0 Å². The lowest BCUT2D eigenvalue weighted by molar-refractivity contribution is 0.100. The molecule has 0 spiro atoms. The van der Waals surface area contributed by atoms with Crippen molar-refractivity contribution < 1.29 is 4.79 Å². The van der Waals surface area contributed by atoms with Crippen LogP contribution in [0, 0.1) is 0 Å². The molecule has 1 aliphatic heterocycles. The molecule has 1 saturated heterocycles. The Balaban J connectivity index is 0.00000144. The molecule has 0 saturated carbocycles. The maximum absolute atomic E-state index is 10.9. The third-order valence-electron chi connectivity index (χ3n) is 2.86. The summed E-state index contributed by atoms with van der Waals surface area (Å²) in [5, 5.41) is 3.36. The van der Waals surface area contributed by atoms with E-state index in [0.29, 0.717) is 5.56 Å². The number of benzene rings is 1. The minimum Gasteiger partial charge on any atom is -0.370 e. The second kappa shape index (κ2) is 6.47. The summed E-state index contributed by atoms with van der Waals surface area (Å²) in [7, 11) is 0. The van der Waals surface area contributed by atoms with E-state index < -0.39 is 0 Å². The van der Waals surface area contributed by atoms with Crippen molar-refractivity contribution in [2.45, 2.75) is 6.42 Å². The largest absolute Gasteiger partial charge is 0.370 e. The molecule has 0 unspecified atom stereocenters. The van der Waals surface area contributed by atoms with Gasteiger partial charge in [-0.25, -0.2) is 0 Å². The molecular formula is C12H18ClN3O. The van der Waals surface area contributed by atoms with Crippen LogP contribution in [0.3, 0.4) is 0 Å². The van der Waals surface area contributed by atoms with Gasteiger partial charge in [-0.2, -0.15) is 0 Å². The average Bonchev–Trinajstić information content (AvgIpc) is 2.57. The van der Waals surface area contributed by atoms with Crippen LogP contribution in [0.2, 0.25) is 0 Å². The number of hydrogen-bond acceptors (Lipinski definition) is 3. The van der Waals surface area contributed by atoms with E-state index in [1.165, 1.54) is 0 Å². The van der Waals surface area contributed by atoms with E-state index in [-0.39, 0.29) is 18.3 Å². The van der Waals surface area contributed by atoms with Crippen LogP contribution >= 0.6 is 12.4 Å². The Morgan fingerprint density at radius 1 is 1.18 bits per heavy atom. The predicted octanol–water partition coefficient (Wildman–Crippen LogP) is 1.01. The van der Waals surface area contributed by atoms with Gasteiger partial charge in [-0.1, -0.05) is 0 Å². The zero-order chi connectivity index (χ0) is 11.4. The first-order valence-corrected chi connectivity index (χ1v) is 5.63. The Morgan fingerprint density at radius 3 is 2.53 bits per heavy atom. The number of rotatable bonds is 2. The Hall–Kier alpha value is -1.26. The van der Waals surface area contributed by atoms with Crippen molar-refractivity contribution in [2.24, 2.45) is 5.73 Å². The van der Waals surface area contributed by atoms with Gasteiger partial charge < -0.3 is 16.0 Å². The molecule has 1 amide bonds. The lowest BCUT2D eigenvalue weighted by Crippen LogP contribution is -2.27. The van der Waals surface area contributed by atoms with Crippen LogP contribution in [0.15, 0.2) is 24.3 Å². The van der Waals surface area contributed by atoms with Gasteiger partial charge in [-0.3, -0.25) is 4.79 Å². The highest BCUT2D eigenvalue weighted by Gasteiger charge is 2.09.